The third kappa shape index (κ3) is 4.89. The summed E-state index contributed by atoms with van der Waals surface area (Å²) in [5, 5.41) is 3.65. The quantitative estimate of drug-likeness (QED) is 0.428. The Kier molecular flexibility index (Phi) is 5.74. The number of aromatic nitrogens is 3. The van der Waals surface area contributed by atoms with Gasteiger partial charge in [-0.25, -0.2) is 0 Å². The smallest absolute Gasteiger partial charge is 0.324 e. The number of amides is 2. The number of primary amides is 1. The van der Waals surface area contributed by atoms with Crippen LogP contribution in [0.25, 0.3) is 16.7 Å². The van der Waals surface area contributed by atoms with Crippen molar-refractivity contribution in [1.82, 2.24) is 19.9 Å². The summed E-state index contributed by atoms with van der Waals surface area (Å²) >= 11 is 0. The normalized spacial score (nSPS) is 12.9. The molecular formula is C26H23N5O4. The molecule has 0 aliphatic heterocycles. The summed E-state index contributed by atoms with van der Waals surface area (Å²) in [5.74, 6) is -0.0606. The molecule has 0 atom stereocenters. The summed E-state index contributed by atoms with van der Waals surface area (Å²) in [6, 6.07) is 17.2. The fourth-order valence-corrected chi connectivity index (χ4v) is 3.78. The van der Waals surface area contributed by atoms with Gasteiger partial charge in [0.05, 0.1) is 17.8 Å². The highest BCUT2D eigenvalue weighted by Gasteiger charge is 2.23. The number of aryl methyl sites for hydroxylation is 1. The van der Waals surface area contributed by atoms with Gasteiger partial charge < -0.3 is 15.8 Å². The number of rotatable bonds is 7. The van der Waals surface area contributed by atoms with Crippen LogP contribution in [0.4, 0.5) is 0 Å². The molecule has 1 fully saturated rings. The molecule has 2 amide bonds. The van der Waals surface area contributed by atoms with Crippen molar-refractivity contribution in [3.05, 3.63) is 87.8 Å². The van der Waals surface area contributed by atoms with Crippen molar-refractivity contribution in [3.63, 3.8) is 0 Å². The maximum Gasteiger partial charge on any atom is 0.324 e. The summed E-state index contributed by atoms with van der Waals surface area (Å²) < 4.78 is 7.31. The zero-order valence-corrected chi connectivity index (χ0v) is 19.0. The van der Waals surface area contributed by atoms with Crippen LogP contribution in [-0.4, -0.2) is 32.4 Å². The number of hydrogen-bond acceptors (Lipinski definition) is 6. The van der Waals surface area contributed by atoms with E-state index in [-0.39, 0.29) is 29.9 Å². The van der Waals surface area contributed by atoms with Crippen molar-refractivity contribution in [2.75, 3.05) is 0 Å². The molecule has 35 heavy (non-hydrogen) atoms. The summed E-state index contributed by atoms with van der Waals surface area (Å²) in [4.78, 5) is 45.2. The SMILES string of the molecule is Cc1nc(Oc2ccc(CC(N)=O)cc2)nc2c1ccc(=O)n2-c1ccc(C(=O)NC2CC2)cc1. The van der Waals surface area contributed by atoms with E-state index in [2.05, 4.69) is 15.3 Å². The lowest BCUT2D eigenvalue weighted by Crippen LogP contribution is -2.25. The molecule has 5 rings (SSSR count). The largest absolute Gasteiger partial charge is 0.424 e. The standard InChI is InChI=1S/C26H23N5O4/c1-15-21-12-13-23(33)31(19-8-4-17(5-9-19)25(34)29-18-6-7-18)24(21)30-26(28-15)35-20-10-2-16(3-11-20)14-22(27)32/h2-5,8-13,18H,6-7,14H2,1H3,(H2,27,32)(H,29,34). The van der Waals surface area contributed by atoms with Crippen LogP contribution >= 0.6 is 0 Å². The van der Waals surface area contributed by atoms with Crippen LogP contribution < -0.4 is 21.3 Å². The van der Waals surface area contributed by atoms with Gasteiger partial charge in [0.1, 0.15) is 5.75 Å². The summed E-state index contributed by atoms with van der Waals surface area (Å²) in [6.45, 7) is 1.81. The molecule has 1 aliphatic rings. The van der Waals surface area contributed by atoms with E-state index >= 15 is 0 Å². The summed E-state index contributed by atoms with van der Waals surface area (Å²) in [7, 11) is 0. The molecule has 4 aromatic rings. The molecule has 1 aliphatic carbocycles. The van der Waals surface area contributed by atoms with Crippen LogP contribution in [0.5, 0.6) is 11.8 Å². The number of nitrogens with one attached hydrogen (secondary N) is 1. The molecule has 2 aromatic heterocycles. The van der Waals surface area contributed by atoms with Crippen molar-refractivity contribution in [1.29, 1.82) is 0 Å². The van der Waals surface area contributed by atoms with Gasteiger partial charge in [0, 0.05) is 23.1 Å². The molecule has 0 radical (unpaired) electrons. The van der Waals surface area contributed by atoms with Crippen molar-refractivity contribution < 1.29 is 14.3 Å². The minimum atomic E-state index is -0.415. The molecule has 3 N–H and O–H groups in total. The van der Waals surface area contributed by atoms with E-state index in [4.69, 9.17) is 10.5 Å². The van der Waals surface area contributed by atoms with Crippen molar-refractivity contribution in [2.45, 2.75) is 32.2 Å². The maximum atomic E-state index is 12.9. The lowest BCUT2D eigenvalue weighted by Gasteiger charge is -2.13. The van der Waals surface area contributed by atoms with E-state index in [1.807, 2.05) is 6.92 Å². The number of benzene rings is 2. The average Bonchev–Trinajstić information content (AvgIpc) is 3.64. The molecule has 1 saturated carbocycles. The van der Waals surface area contributed by atoms with Crippen LogP contribution in [0.3, 0.4) is 0 Å². The van der Waals surface area contributed by atoms with Gasteiger partial charge in [-0.2, -0.15) is 9.97 Å². The van der Waals surface area contributed by atoms with E-state index < -0.39 is 5.91 Å². The number of carbonyl (C=O) groups excluding carboxylic acids is 2. The minimum absolute atomic E-state index is 0.0810. The van der Waals surface area contributed by atoms with Crippen LogP contribution in [0.15, 0.2) is 65.5 Å². The molecule has 9 nitrogen and oxygen atoms in total. The van der Waals surface area contributed by atoms with Crippen LogP contribution in [0.1, 0.15) is 34.5 Å². The van der Waals surface area contributed by atoms with Gasteiger partial charge in [-0.15, -0.1) is 0 Å². The maximum absolute atomic E-state index is 12.9. The Hall–Kier alpha value is -4.53. The Balaban J connectivity index is 1.48. The first-order valence-electron chi connectivity index (χ1n) is 11.2. The van der Waals surface area contributed by atoms with Gasteiger partial charge in [-0.3, -0.25) is 19.0 Å². The molecule has 0 saturated heterocycles. The van der Waals surface area contributed by atoms with Gasteiger partial charge in [0.25, 0.3) is 11.5 Å². The third-order valence-corrected chi connectivity index (χ3v) is 5.73. The van der Waals surface area contributed by atoms with E-state index in [0.29, 0.717) is 33.7 Å². The number of hydrogen-bond donors (Lipinski definition) is 2. The molecule has 2 aromatic carbocycles. The number of fused-ring (bicyclic) bond motifs is 1. The number of carbonyl (C=O) groups is 2. The molecule has 0 bridgehead atoms. The first kappa shape index (κ1) is 22.3. The highest BCUT2D eigenvalue weighted by atomic mass is 16.5. The van der Waals surface area contributed by atoms with Gasteiger partial charge in [-0.05, 0) is 67.8 Å². The van der Waals surface area contributed by atoms with Crippen LogP contribution in [0, 0.1) is 6.92 Å². The Bertz CT molecular complexity index is 1490. The molecular weight excluding hydrogens is 446 g/mol. The minimum Gasteiger partial charge on any atom is -0.424 e. The lowest BCUT2D eigenvalue weighted by molar-refractivity contribution is -0.117. The van der Waals surface area contributed by atoms with E-state index in [1.54, 1.807) is 54.6 Å². The predicted molar refractivity (Wildman–Crippen MR) is 130 cm³/mol. The fourth-order valence-electron chi connectivity index (χ4n) is 3.78. The Labute approximate surface area is 200 Å². The number of nitrogens with two attached hydrogens (primary N) is 1. The monoisotopic (exact) mass is 469 g/mol. The molecule has 176 valence electrons. The Morgan fingerprint density at radius 2 is 1.74 bits per heavy atom. The van der Waals surface area contributed by atoms with E-state index in [1.165, 1.54) is 10.6 Å². The lowest BCUT2D eigenvalue weighted by atomic mass is 10.1. The first-order valence-corrected chi connectivity index (χ1v) is 11.2. The first-order chi connectivity index (χ1) is 16.9. The van der Waals surface area contributed by atoms with Crippen molar-refractivity contribution in [2.24, 2.45) is 5.73 Å². The second-order valence-corrected chi connectivity index (χ2v) is 8.52. The van der Waals surface area contributed by atoms with E-state index in [9.17, 15) is 14.4 Å². The fraction of sp³-hybridized carbons (Fsp3) is 0.192. The molecule has 2 heterocycles. The van der Waals surface area contributed by atoms with Gasteiger partial charge in [-0.1, -0.05) is 12.1 Å². The third-order valence-electron chi connectivity index (χ3n) is 5.73. The van der Waals surface area contributed by atoms with Crippen LogP contribution in [0.2, 0.25) is 0 Å². The van der Waals surface area contributed by atoms with Crippen LogP contribution in [-0.2, 0) is 11.2 Å². The number of ether oxygens (including phenoxy) is 1. The Morgan fingerprint density at radius 1 is 1.03 bits per heavy atom. The zero-order valence-electron chi connectivity index (χ0n) is 19.0. The van der Waals surface area contributed by atoms with Gasteiger partial charge in [0.2, 0.25) is 5.91 Å². The zero-order chi connectivity index (χ0) is 24.5. The second kappa shape index (κ2) is 9.02. The number of nitrogens with zero attached hydrogens (tertiary/aromatic N) is 3. The second-order valence-electron chi connectivity index (χ2n) is 8.52. The van der Waals surface area contributed by atoms with Gasteiger partial charge >= 0.3 is 6.01 Å². The van der Waals surface area contributed by atoms with Gasteiger partial charge in [0.15, 0.2) is 5.65 Å². The van der Waals surface area contributed by atoms with Crippen molar-refractivity contribution in [3.8, 4) is 17.4 Å². The molecule has 0 unspecified atom stereocenters. The Morgan fingerprint density at radius 3 is 2.40 bits per heavy atom. The topological polar surface area (TPSA) is 129 Å². The molecule has 0 spiro atoms. The highest BCUT2D eigenvalue weighted by Crippen LogP contribution is 2.24. The molecule has 9 heteroatoms. The van der Waals surface area contributed by atoms with Crippen molar-refractivity contribution >= 4 is 22.8 Å². The van der Waals surface area contributed by atoms with E-state index in [0.717, 1.165) is 18.4 Å². The predicted octanol–water partition coefficient (Wildman–Crippen LogP) is 2.80. The highest BCUT2D eigenvalue weighted by molar-refractivity contribution is 5.94. The summed E-state index contributed by atoms with van der Waals surface area (Å²) in [6.07, 6.45) is 2.16. The average molecular weight is 470 g/mol. The summed E-state index contributed by atoms with van der Waals surface area (Å²) in [5.41, 5.74) is 7.87. The number of pyridine rings is 1.